The number of H-pyrrole nitrogens is 1. The summed E-state index contributed by atoms with van der Waals surface area (Å²) in [5, 5.41) is 0. The van der Waals surface area contributed by atoms with Crippen molar-refractivity contribution >= 4 is 11.6 Å². The molecule has 1 aromatic rings. The molecule has 0 spiro atoms. The minimum absolute atomic E-state index is 0.219. The second-order valence-electron chi connectivity index (χ2n) is 5.34. The molecule has 0 aromatic carbocycles. The van der Waals surface area contributed by atoms with Gasteiger partial charge in [0.05, 0.1) is 23.0 Å². The first kappa shape index (κ1) is 14.4. The maximum absolute atomic E-state index is 11.6. The van der Waals surface area contributed by atoms with E-state index in [9.17, 15) is 4.79 Å². The molecular weight excluding hydrogens is 252 g/mol. The predicted molar refractivity (Wildman–Crippen MR) is 80.2 cm³/mol. The number of hydrogen-bond donors (Lipinski definition) is 3. The molecule has 5 heteroatoms. The third-order valence-electron chi connectivity index (χ3n) is 3.90. The number of primary amides is 1. The zero-order valence-corrected chi connectivity index (χ0v) is 11.8. The van der Waals surface area contributed by atoms with E-state index in [1.54, 1.807) is 6.20 Å². The molecule has 2 rings (SSSR count). The summed E-state index contributed by atoms with van der Waals surface area (Å²) in [4.78, 5) is 19.4. The lowest BCUT2D eigenvalue weighted by Crippen LogP contribution is -2.27. The van der Waals surface area contributed by atoms with E-state index in [0.29, 0.717) is 11.6 Å². The van der Waals surface area contributed by atoms with Crippen LogP contribution >= 0.6 is 0 Å². The molecule has 108 valence electrons. The summed E-state index contributed by atoms with van der Waals surface area (Å²) in [7, 11) is 0. The first-order valence-electron chi connectivity index (χ1n) is 7.07. The van der Waals surface area contributed by atoms with Gasteiger partial charge >= 0.3 is 0 Å². The van der Waals surface area contributed by atoms with Gasteiger partial charge < -0.3 is 16.5 Å². The van der Waals surface area contributed by atoms with E-state index in [0.717, 1.165) is 12.1 Å². The van der Waals surface area contributed by atoms with Crippen molar-refractivity contribution < 1.29 is 4.79 Å². The molecule has 1 aliphatic rings. The van der Waals surface area contributed by atoms with Crippen LogP contribution in [0.1, 0.15) is 38.3 Å². The van der Waals surface area contributed by atoms with Crippen LogP contribution in [0.25, 0.3) is 0 Å². The van der Waals surface area contributed by atoms with Crippen molar-refractivity contribution in [3.8, 4) is 0 Å². The van der Waals surface area contributed by atoms with E-state index in [2.05, 4.69) is 11.9 Å². The van der Waals surface area contributed by atoms with Crippen molar-refractivity contribution in [2.24, 2.45) is 22.4 Å². The summed E-state index contributed by atoms with van der Waals surface area (Å²) in [6.45, 7) is 2.20. The van der Waals surface area contributed by atoms with Gasteiger partial charge in [-0.25, -0.2) is 0 Å². The van der Waals surface area contributed by atoms with Gasteiger partial charge in [0.15, 0.2) is 0 Å². The predicted octanol–water partition coefficient (Wildman–Crippen LogP) is 1.71. The van der Waals surface area contributed by atoms with E-state index < -0.39 is 5.91 Å². The monoisotopic (exact) mass is 274 g/mol. The fourth-order valence-electron chi connectivity index (χ4n) is 2.69. The minimum Gasteiger partial charge on any atom is -0.404 e. The Hall–Kier alpha value is -2.04. The Morgan fingerprint density at radius 2 is 2.20 bits per heavy atom. The van der Waals surface area contributed by atoms with Crippen molar-refractivity contribution in [3.63, 3.8) is 0 Å². The highest BCUT2D eigenvalue weighted by Gasteiger charge is 2.24. The summed E-state index contributed by atoms with van der Waals surface area (Å²) >= 11 is 0. The van der Waals surface area contributed by atoms with Gasteiger partial charge in [-0.2, -0.15) is 0 Å². The van der Waals surface area contributed by atoms with Gasteiger partial charge in [0.25, 0.3) is 5.91 Å². The Bertz CT molecular complexity index is 516. The number of nitrogens with one attached hydrogen (secondary N) is 1. The first-order chi connectivity index (χ1) is 9.63. The molecule has 0 radical (unpaired) electrons. The largest absolute Gasteiger partial charge is 0.404 e. The third kappa shape index (κ3) is 3.10. The number of amides is 1. The number of nitrogens with two attached hydrogens (primary N) is 2. The molecule has 2 atom stereocenters. The lowest BCUT2D eigenvalue weighted by molar-refractivity contribution is -0.114. The third-order valence-corrected chi connectivity index (χ3v) is 3.90. The highest BCUT2D eigenvalue weighted by atomic mass is 16.1. The number of aromatic amines is 1. The number of rotatable bonds is 4. The molecule has 5 N–H and O–H groups in total. The summed E-state index contributed by atoms with van der Waals surface area (Å²) < 4.78 is 0. The molecule has 1 amide bonds. The molecule has 1 fully saturated rings. The van der Waals surface area contributed by atoms with Crippen LogP contribution in [0.4, 0.5) is 0 Å². The van der Waals surface area contributed by atoms with Crippen LogP contribution in [-0.2, 0) is 4.79 Å². The fraction of sp³-hybridized carbons (Fsp3) is 0.467. The molecule has 0 aliphatic heterocycles. The Morgan fingerprint density at radius 1 is 1.45 bits per heavy atom. The molecule has 5 nitrogen and oxygen atoms in total. The van der Waals surface area contributed by atoms with Crippen LogP contribution in [0.2, 0.25) is 0 Å². The number of hydrogen-bond acceptors (Lipinski definition) is 3. The zero-order chi connectivity index (χ0) is 14.5. The quantitative estimate of drug-likeness (QED) is 0.575. The Kier molecular flexibility index (Phi) is 4.61. The van der Waals surface area contributed by atoms with Crippen LogP contribution in [-0.4, -0.2) is 22.6 Å². The van der Waals surface area contributed by atoms with E-state index in [-0.39, 0.29) is 11.6 Å². The second-order valence-corrected chi connectivity index (χ2v) is 5.34. The van der Waals surface area contributed by atoms with Gasteiger partial charge in [0.1, 0.15) is 0 Å². The van der Waals surface area contributed by atoms with Crippen LogP contribution < -0.4 is 11.5 Å². The minimum atomic E-state index is -0.552. The SMILES string of the molecule is CC1CCCCC1N=C(C(=CN)C(N)=O)c1ccc[nH]1. The van der Waals surface area contributed by atoms with Crippen molar-refractivity contribution in [1.82, 2.24) is 4.98 Å². The van der Waals surface area contributed by atoms with E-state index in [4.69, 9.17) is 16.5 Å². The maximum atomic E-state index is 11.6. The van der Waals surface area contributed by atoms with Crippen LogP contribution in [0, 0.1) is 5.92 Å². The Morgan fingerprint density at radius 3 is 2.75 bits per heavy atom. The van der Waals surface area contributed by atoms with Gasteiger partial charge in [-0.3, -0.25) is 9.79 Å². The Balaban J connectivity index is 2.38. The molecular formula is C15H22N4O. The van der Waals surface area contributed by atoms with Crippen molar-refractivity contribution in [2.75, 3.05) is 0 Å². The smallest absolute Gasteiger partial charge is 0.252 e. The number of carbonyl (C=O) groups is 1. The van der Waals surface area contributed by atoms with Crippen molar-refractivity contribution in [2.45, 2.75) is 38.6 Å². The van der Waals surface area contributed by atoms with Crippen LogP contribution in [0.3, 0.4) is 0 Å². The normalized spacial score (nSPS) is 24.6. The molecule has 1 aromatic heterocycles. The average molecular weight is 274 g/mol. The summed E-state index contributed by atoms with van der Waals surface area (Å²) in [6.07, 6.45) is 7.68. The van der Waals surface area contributed by atoms with Gasteiger partial charge in [-0.15, -0.1) is 0 Å². The highest BCUT2D eigenvalue weighted by molar-refractivity contribution is 6.27. The zero-order valence-electron chi connectivity index (χ0n) is 11.8. The number of aliphatic imine (C=N–C) groups is 1. The van der Waals surface area contributed by atoms with Crippen molar-refractivity contribution in [1.29, 1.82) is 0 Å². The standard InChI is InChI=1S/C15H22N4O/c1-10-5-2-3-6-12(10)19-14(11(9-16)15(17)20)13-7-4-8-18-13/h4,7-10,12,18H,2-3,5-6,16H2,1H3,(H2,17,20). The molecule has 1 heterocycles. The second kappa shape index (κ2) is 6.41. The maximum Gasteiger partial charge on any atom is 0.252 e. The molecule has 0 bridgehead atoms. The fourth-order valence-corrected chi connectivity index (χ4v) is 2.69. The number of nitrogens with zero attached hydrogens (tertiary/aromatic N) is 1. The first-order valence-corrected chi connectivity index (χ1v) is 7.07. The van der Waals surface area contributed by atoms with Gasteiger partial charge in [0.2, 0.25) is 0 Å². The average Bonchev–Trinajstić information content (AvgIpc) is 2.94. The van der Waals surface area contributed by atoms with Gasteiger partial charge in [-0.05, 0) is 30.9 Å². The lowest BCUT2D eigenvalue weighted by atomic mass is 9.86. The van der Waals surface area contributed by atoms with Gasteiger partial charge in [-0.1, -0.05) is 19.8 Å². The van der Waals surface area contributed by atoms with Gasteiger partial charge in [0, 0.05) is 12.4 Å². The number of aromatic nitrogens is 1. The molecule has 0 saturated heterocycles. The number of carbonyl (C=O) groups excluding carboxylic acids is 1. The summed E-state index contributed by atoms with van der Waals surface area (Å²) in [5.74, 6) is -0.0371. The lowest BCUT2D eigenvalue weighted by Gasteiger charge is -2.26. The molecule has 1 aliphatic carbocycles. The van der Waals surface area contributed by atoms with Crippen LogP contribution in [0.15, 0.2) is 35.1 Å². The summed E-state index contributed by atoms with van der Waals surface area (Å²) in [5.41, 5.74) is 12.6. The summed E-state index contributed by atoms with van der Waals surface area (Å²) in [6, 6.07) is 3.96. The van der Waals surface area contributed by atoms with E-state index in [1.807, 2.05) is 12.1 Å². The topological polar surface area (TPSA) is 97.3 Å². The molecule has 2 unspecified atom stereocenters. The van der Waals surface area contributed by atoms with E-state index in [1.165, 1.54) is 25.5 Å². The van der Waals surface area contributed by atoms with Crippen molar-refractivity contribution in [3.05, 3.63) is 35.8 Å². The molecule has 20 heavy (non-hydrogen) atoms. The van der Waals surface area contributed by atoms with Crippen LogP contribution in [0.5, 0.6) is 0 Å². The molecule has 1 saturated carbocycles. The Labute approximate surface area is 119 Å². The van der Waals surface area contributed by atoms with E-state index >= 15 is 0 Å². The highest BCUT2D eigenvalue weighted by Crippen LogP contribution is 2.27.